The van der Waals surface area contributed by atoms with Gasteiger partial charge < -0.3 is 15.0 Å². The van der Waals surface area contributed by atoms with E-state index in [1.165, 1.54) is 7.11 Å². The summed E-state index contributed by atoms with van der Waals surface area (Å²) in [4.78, 5) is 4.87. The molecule has 24 heavy (non-hydrogen) atoms. The highest BCUT2D eigenvalue weighted by atomic mass is 32.2. The molecule has 5 heteroatoms. The van der Waals surface area contributed by atoms with E-state index >= 15 is 0 Å². The van der Waals surface area contributed by atoms with Crippen LogP contribution in [0, 0.1) is 6.07 Å². The lowest BCUT2D eigenvalue weighted by Crippen LogP contribution is -2.08. The quantitative estimate of drug-likeness (QED) is 0.572. The van der Waals surface area contributed by atoms with Gasteiger partial charge in [-0.25, -0.2) is 4.98 Å². The van der Waals surface area contributed by atoms with Crippen LogP contribution in [0.5, 0.6) is 5.88 Å². The van der Waals surface area contributed by atoms with E-state index in [-0.39, 0.29) is 0 Å². The van der Waals surface area contributed by atoms with Crippen LogP contribution in [0.1, 0.15) is 5.56 Å². The van der Waals surface area contributed by atoms with Crippen LogP contribution >= 0.6 is 0 Å². The average molecular weight is 337 g/mol. The second-order valence-electron chi connectivity index (χ2n) is 5.24. The Balaban J connectivity index is 1.95. The maximum Gasteiger partial charge on any atom is 0.270 e. The predicted molar refractivity (Wildman–Crippen MR) is 96.0 cm³/mol. The van der Waals surface area contributed by atoms with Gasteiger partial charge in [0.2, 0.25) is 4.90 Å². The smallest absolute Gasteiger partial charge is 0.270 e. The molecule has 2 aromatic carbocycles. The molecule has 0 bridgehead atoms. The van der Waals surface area contributed by atoms with Crippen molar-refractivity contribution in [3.05, 3.63) is 72.4 Å². The Morgan fingerprint density at radius 2 is 1.96 bits per heavy atom. The Morgan fingerprint density at radius 3 is 2.67 bits per heavy atom. The van der Waals surface area contributed by atoms with Gasteiger partial charge in [-0.15, -0.1) is 0 Å². The van der Waals surface area contributed by atoms with Gasteiger partial charge in [-0.1, -0.05) is 42.5 Å². The number of hydrogen-bond acceptors (Lipinski definition) is 4. The summed E-state index contributed by atoms with van der Waals surface area (Å²) >= 11 is -1.26. The summed E-state index contributed by atoms with van der Waals surface area (Å²) in [6.07, 6.45) is 1.69. The fraction of sp³-hybridized carbons (Fsp3) is 0.105. The van der Waals surface area contributed by atoms with Crippen molar-refractivity contribution in [2.75, 3.05) is 12.8 Å². The number of benzene rings is 2. The van der Waals surface area contributed by atoms with E-state index in [1.54, 1.807) is 12.3 Å². The maximum atomic E-state index is 12.8. The van der Waals surface area contributed by atoms with Crippen molar-refractivity contribution in [2.24, 2.45) is 0 Å². The number of pyridine rings is 1. The summed E-state index contributed by atoms with van der Waals surface area (Å²) in [5, 5.41) is 0. The fourth-order valence-electron chi connectivity index (χ4n) is 2.37. The van der Waals surface area contributed by atoms with Crippen molar-refractivity contribution in [3.8, 4) is 17.0 Å². The third-order valence-corrected chi connectivity index (χ3v) is 4.93. The van der Waals surface area contributed by atoms with Crippen LogP contribution in [0.2, 0.25) is 0 Å². The molecule has 4 nitrogen and oxygen atoms in total. The monoisotopic (exact) mass is 337 g/mol. The number of nitrogens with two attached hydrogens (primary N) is 1. The van der Waals surface area contributed by atoms with Crippen molar-refractivity contribution in [3.63, 3.8) is 0 Å². The standard InChI is InChI=1S/C19H17N2O2S/c1-23-19-18(24(22)13-14-6-3-2-4-7-14)11-16(12-21-19)15-8-5-9-17(20)10-15/h2-8,10-12H,13,20H2,1H3. The van der Waals surface area contributed by atoms with E-state index in [9.17, 15) is 4.55 Å². The average Bonchev–Trinajstić information content (AvgIpc) is 2.62. The Kier molecular flexibility index (Phi) is 5.03. The maximum absolute atomic E-state index is 12.8. The molecule has 0 aliphatic heterocycles. The van der Waals surface area contributed by atoms with Gasteiger partial charge in [0, 0.05) is 35.1 Å². The van der Waals surface area contributed by atoms with E-state index < -0.39 is 11.2 Å². The van der Waals surface area contributed by atoms with Crippen LogP contribution in [-0.4, -0.2) is 16.6 Å². The minimum atomic E-state index is -1.26. The van der Waals surface area contributed by atoms with Gasteiger partial charge in [-0.3, -0.25) is 0 Å². The van der Waals surface area contributed by atoms with Gasteiger partial charge in [-0.05, 0) is 22.8 Å². The summed E-state index contributed by atoms with van der Waals surface area (Å²) in [5.74, 6) is 0.788. The molecular formula is C19H17N2O2S. The van der Waals surface area contributed by atoms with Crippen LogP contribution in [0.3, 0.4) is 0 Å². The van der Waals surface area contributed by atoms with Gasteiger partial charge in [0.15, 0.2) is 0 Å². The number of aromatic nitrogens is 1. The van der Waals surface area contributed by atoms with Crippen LogP contribution in [0.4, 0.5) is 5.69 Å². The first kappa shape index (κ1) is 16.4. The number of nitrogens with zero attached hydrogens (tertiary/aromatic N) is 1. The Bertz CT molecular complexity index is 825. The summed E-state index contributed by atoms with van der Waals surface area (Å²) in [6, 6.07) is 19.9. The van der Waals surface area contributed by atoms with Gasteiger partial charge in [-0.2, -0.15) is 0 Å². The highest BCUT2D eigenvalue weighted by Crippen LogP contribution is 2.30. The fourth-order valence-corrected chi connectivity index (χ4v) is 3.61. The van der Waals surface area contributed by atoms with Gasteiger partial charge in [0.05, 0.1) is 7.11 Å². The minimum Gasteiger partial charge on any atom is -0.611 e. The van der Waals surface area contributed by atoms with Crippen molar-refractivity contribution in [2.45, 2.75) is 10.6 Å². The summed E-state index contributed by atoms with van der Waals surface area (Å²) in [6.45, 7) is 0. The third kappa shape index (κ3) is 3.69. The number of hydrogen-bond donors (Lipinski definition) is 1. The predicted octanol–water partition coefficient (Wildman–Crippen LogP) is 3.45. The molecule has 3 aromatic rings. The Hall–Kier alpha value is -2.50. The molecule has 3 rings (SSSR count). The molecule has 0 saturated heterocycles. The van der Waals surface area contributed by atoms with Crippen molar-refractivity contribution < 1.29 is 9.29 Å². The lowest BCUT2D eigenvalue weighted by atomic mass is 10.1. The molecule has 0 aliphatic rings. The number of methoxy groups -OCH3 is 1. The zero-order chi connectivity index (χ0) is 16.9. The molecule has 121 valence electrons. The molecule has 2 N–H and O–H groups in total. The zero-order valence-corrected chi connectivity index (χ0v) is 14.0. The SMILES string of the molecule is COc1ncc(-c2cc[c]c(N)c2)cc1[S+]([O-])Cc1ccccc1. The van der Waals surface area contributed by atoms with E-state index in [0.29, 0.717) is 22.2 Å². The highest BCUT2D eigenvalue weighted by molar-refractivity contribution is 7.90. The van der Waals surface area contributed by atoms with Gasteiger partial charge in [0.25, 0.3) is 5.88 Å². The van der Waals surface area contributed by atoms with Crippen LogP contribution in [-0.2, 0) is 16.9 Å². The summed E-state index contributed by atoms with van der Waals surface area (Å²) in [7, 11) is 1.53. The zero-order valence-electron chi connectivity index (χ0n) is 13.2. The normalized spacial score (nSPS) is 11.9. The molecule has 0 fully saturated rings. The molecular weight excluding hydrogens is 320 g/mol. The molecule has 1 heterocycles. The second kappa shape index (κ2) is 7.38. The van der Waals surface area contributed by atoms with Crippen LogP contribution in [0.25, 0.3) is 11.1 Å². The largest absolute Gasteiger partial charge is 0.611 e. The van der Waals surface area contributed by atoms with E-state index in [2.05, 4.69) is 11.1 Å². The Morgan fingerprint density at radius 1 is 1.17 bits per heavy atom. The Labute approximate surface area is 144 Å². The molecule has 1 atom stereocenters. The number of ether oxygens (including phenoxy) is 1. The first-order valence-electron chi connectivity index (χ1n) is 7.41. The highest BCUT2D eigenvalue weighted by Gasteiger charge is 2.20. The molecule has 1 aromatic heterocycles. The lowest BCUT2D eigenvalue weighted by molar-refractivity contribution is 0.385. The van der Waals surface area contributed by atoms with Crippen LogP contribution < -0.4 is 10.5 Å². The van der Waals surface area contributed by atoms with Gasteiger partial charge in [0.1, 0.15) is 5.75 Å². The second-order valence-corrected chi connectivity index (χ2v) is 6.66. The number of anilines is 1. The number of nitrogen functional groups attached to an aromatic ring is 1. The summed E-state index contributed by atoms with van der Waals surface area (Å²) < 4.78 is 18.1. The lowest BCUT2D eigenvalue weighted by Gasteiger charge is -2.14. The van der Waals surface area contributed by atoms with E-state index in [1.807, 2.05) is 48.5 Å². The topological polar surface area (TPSA) is 71.2 Å². The number of rotatable bonds is 5. The van der Waals surface area contributed by atoms with E-state index in [4.69, 9.17) is 10.5 Å². The van der Waals surface area contributed by atoms with Crippen molar-refractivity contribution >= 4 is 16.9 Å². The van der Waals surface area contributed by atoms with Crippen LogP contribution in [0.15, 0.2) is 65.7 Å². The molecule has 0 amide bonds. The van der Waals surface area contributed by atoms with Gasteiger partial charge >= 0.3 is 0 Å². The molecule has 0 spiro atoms. The molecule has 0 aliphatic carbocycles. The first-order valence-corrected chi connectivity index (χ1v) is 8.73. The molecule has 1 radical (unpaired) electrons. The van der Waals surface area contributed by atoms with Crippen molar-refractivity contribution in [1.29, 1.82) is 0 Å². The van der Waals surface area contributed by atoms with Crippen molar-refractivity contribution in [1.82, 2.24) is 4.98 Å². The summed E-state index contributed by atoms with van der Waals surface area (Å²) in [5.41, 5.74) is 9.09. The molecule has 0 saturated carbocycles. The molecule has 1 unspecified atom stereocenters. The first-order chi connectivity index (χ1) is 11.7. The third-order valence-electron chi connectivity index (χ3n) is 3.55. The minimum absolute atomic E-state index is 0.378. The van der Waals surface area contributed by atoms with E-state index in [0.717, 1.165) is 16.7 Å².